The van der Waals surface area contributed by atoms with Crippen LogP contribution in [0.3, 0.4) is 0 Å². The molecule has 0 aromatic heterocycles. The van der Waals surface area contributed by atoms with E-state index in [0.29, 0.717) is 28.4 Å². The van der Waals surface area contributed by atoms with E-state index in [1.165, 1.54) is 0 Å². The molecule has 5 nitrogen and oxygen atoms in total. The number of hydrogen-bond donors (Lipinski definition) is 1. The molecular weight excluding hydrogens is 351 g/mol. The zero-order valence-electron chi connectivity index (χ0n) is 13.9. The third-order valence-electron chi connectivity index (χ3n) is 4.33. The number of hydrogen-bond acceptors (Lipinski definition) is 4. The summed E-state index contributed by atoms with van der Waals surface area (Å²) in [4.78, 5) is 15.3. The van der Waals surface area contributed by atoms with Crippen LogP contribution >= 0.6 is 23.2 Å². The molecule has 1 aromatic rings. The maximum absolute atomic E-state index is 10.9. The lowest BCUT2D eigenvalue weighted by Gasteiger charge is -2.37. The standard InChI is InChI=1S/C17H24Cl2N2O3/c1-2-21(12-17(22)23)15-3-5-20(6-4-15)7-8-24-16-10-13(18)9-14(19)11-16/h9-11,15H,2-8,12H2,1H3,(H,22,23). The Morgan fingerprint density at radius 3 is 2.46 bits per heavy atom. The topological polar surface area (TPSA) is 53.0 Å². The first-order chi connectivity index (χ1) is 11.5. The molecule has 24 heavy (non-hydrogen) atoms. The summed E-state index contributed by atoms with van der Waals surface area (Å²) < 4.78 is 5.72. The molecule has 0 aliphatic carbocycles. The normalized spacial score (nSPS) is 16.5. The number of likely N-dealkylation sites (tertiary alicyclic amines) is 1. The van der Waals surface area contributed by atoms with Crippen molar-refractivity contribution in [1.82, 2.24) is 9.80 Å². The van der Waals surface area contributed by atoms with Crippen molar-refractivity contribution < 1.29 is 14.6 Å². The second-order valence-corrected chi connectivity index (χ2v) is 6.86. The van der Waals surface area contributed by atoms with E-state index in [9.17, 15) is 4.79 Å². The van der Waals surface area contributed by atoms with Gasteiger partial charge in [-0.25, -0.2) is 0 Å². The van der Waals surface area contributed by atoms with Gasteiger partial charge in [-0.3, -0.25) is 14.6 Å². The number of benzene rings is 1. The van der Waals surface area contributed by atoms with E-state index in [2.05, 4.69) is 4.90 Å². The first kappa shape index (κ1) is 19.3. The van der Waals surface area contributed by atoms with Gasteiger partial charge in [0.2, 0.25) is 0 Å². The van der Waals surface area contributed by atoms with Crippen LogP contribution in [-0.4, -0.2) is 66.2 Å². The van der Waals surface area contributed by atoms with Crippen molar-refractivity contribution in [2.45, 2.75) is 25.8 Å². The minimum atomic E-state index is -0.757. The third-order valence-corrected chi connectivity index (χ3v) is 4.77. The van der Waals surface area contributed by atoms with Gasteiger partial charge >= 0.3 is 5.97 Å². The van der Waals surface area contributed by atoms with E-state index < -0.39 is 5.97 Å². The van der Waals surface area contributed by atoms with Crippen LogP contribution in [-0.2, 0) is 4.79 Å². The largest absolute Gasteiger partial charge is 0.492 e. The summed E-state index contributed by atoms with van der Waals surface area (Å²) in [7, 11) is 0. The molecule has 1 saturated heterocycles. The average molecular weight is 375 g/mol. The van der Waals surface area contributed by atoms with Gasteiger partial charge < -0.3 is 9.84 Å². The van der Waals surface area contributed by atoms with Gasteiger partial charge in [-0.1, -0.05) is 30.1 Å². The summed E-state index contributed by atoms with van der Waals surface area (Å²) in [6, 6.07) is 5.54. The second-order valence-electron chi connectivity index (χ2n) is 5.98. The van der Waals surface area contributed by atoms with Gasteiger partial charge in [0, 0.05) is 22.6 Å². The summed E-state index contributed by atoms with van der Waals surface area (Å²) in [6.45, 7) is 6.24. The van der Waals surface area contributed by atoms with Gasteiger partial charge in [-0.15, -0.1) is 0 Å². The Kier molecular flexibility index (Phi) is 7.62. The van der Waals surface area contributed by atoms with Crippen molar-refractivity contribution in [3.8, 4) is 5.75 Å². The Morgan fingerprint density at radius 1 is 1.29 bits per heavy atom. The fraction of sp³-hybridized carbons (Fsp3) is 0.588. The molecule has 0 atom stereocenters. The number of nitrogens with zero attached hydrogens (tertiary/aromatic N) is 2. The van der Waals surface area contributed by atoms with Crippen molar-refractivity contribution >= 4 is 29.2 Å². The zero-order chi connectivity index (χ0) is 17.5. The molecule has 0 amide bonds. The second kappa shape index (κ2) is 9.47. The van der Waals surface area contributed by atoms with Gasteiger partial charge in [0.25, 0.3) is 0 Å². The molecule has 0 radical (unpaired) electrons. The molecule has 0 saturated carbocycles. The van der Waals surface area contributed by atoms with Gasteiger partial charge in [0.15, 0.2) is 0 Å². The fourth-order valence-electron chi connectivity index (χ4n) is 3.09. The molecule has 1 aliphatic heterocycles. The number of halogens is 2. The van der Waals surface area contributed by atoms with Crippen molar-refractivity contribution in [2.75, 3.05) is 39.3 Å². The van der Waals surface area contributed by atoms with Crippen LogP contribution in [0.4, 0.5) is 0 Å². The summed E-state index contributed by atoms with van der Waals surface area (Å²) in [6.07, 6.45) is 1.98. The SMILES string of the molecule is CCN(CC(=O)O)C1CCN(CCOc2cc(Cl)cc(Cl)c2)CC1. The monoisotopic (exact) mass is 374 g/mol. The Labute approximate surface area is 153 Å². The predicted molar refractivity (Wildman–Crippen MR) is 96.3 cm³/mol. The summed E-state index contributed by atoms with van der Waals surface area (Å²) in [5, 5.41) is 10.1. The average Bonchev–Trinajstić information content (AvgIpc) is 2.52. The molecular formula is C17H24Cl2N2O3. The zero-order valence-corrected chi connectivity index (χ0v) is 15.4. The van der Waals surface area contributed by atoms with E-state index in [-0.39, 0.29) is 6.54 Å². The molecule has 7 heteroatoms. The number of carboxylic acid groups (broad SMARTS) is 1. The van der Waals surface area contributed by atoms with E-state index in [1.54, 1.807) is 18.2 Å². The van der Waals surface area contributed by atoms with Crippen LogP contribution in [0.2, 0.25) is 10.0 Å². The third kappa shape index (κ3) is 6.13. The van der Waals surface area contributed by atoms with Crippen molar-refractivity contribution in [1.29, 1.82) is 0 Å². The number of carbonyl (C=O) groups is 1. The Morgan fingerprint density at radius 2 is 1.92 bits per heavy atom. The van der Waals surface area contributed by atoms with Crippen LogP contribution in [0.1, 0.15) is 19.8 Å². The quantitative estimate of drug-likeness (QED) is 0.756. The van der Waals surface area contributed by atoms with E-state index >= 15 is 0 Å². The van der Waals surface area contributed by atoms with E-state index in [4.69, 9.17) is 33.0 Å². The smallest absolute Gasteiger partial charge is 0.317 e. The van der Waals surface area contributed by atoms with Crippen LogP contribution in [0.5, 0.6) is 5.75 Å². The fourth-order valence-corrected chi connectivity index (χ4v) is 3.59. The number of aliphatic carboxylic acids is 1. The molecule has 0 unspecified atom stereocenters. The molecule has 0 bridgehead atoms. The number of piperidine rings is 1. The summed E-state index contributed by atoms with van der Waals surface area (Å²) >= 11 is 11.9. The highest BCUT2D eigenvalue weighted by atomic mass is 35.5. The Hall–Kier alpha value is -1.01. The number of carboxylic acids is 1. The highest BCUT2D eigenvalue weighted by Crippen LogP contribution is 2.24. The maximum Gasteiger partial charge on any atom is 0.317 e. The Balaban J connectivity index is 1.72. The van der Waals surface area contributed by atoms with E-state index in [1.807, 2.05) is 11.8 Å². The predicted octanol–water partition coefficient (Wildman–Crippen LogP) is 3.24. The highest BCUT2D eigenvalue weighted by Gasteiger charge is 2.24. The van der Waals surface area contributed by atoms with Crippen LogP contribution in [0.15, 0.2) is 18.2 Å². The number of likely N-dealkylation sites (N-methyl/N-ethyl adjacent to an activating group) is 1. The summed E-state index contributed by atoms with van der Waals surface area (Å²) in [5.74, 6) is -0.0751. The number of ether oxygens (including phenoxy) is 1. The molecule has 1 fully saturated rings. The van der Waals surface area contributed by atoms with Crippen LogP contribution < -0.4 is 4.74 Å². The molecule has 1 aliphatic rings. The van der Waals surface area contributed by atoms with Crippen LogP contribution in [0.25, 0.3) is 0 Å². The van der Waals surface area contributed by atoms with Gasteiger partial charge in [-0.2, -0.15) is 0 Å². The lowest BCUT2D eigenvalue weighted by atomic mass is 10.0. The van der Waals surface area contributed by atoms with Gasteiger partial charge in [-0.05, 0) is 50.7 Å². The first-order valence-corrected chi connectivity index (χ1v) is 9.00. The highest BCUT2D eigenvalue weighted by molar-refractivity contribution is 6.34. The van der Waals surface area contributed by atoms with Crippen LogP contribution in [0, 0.1) is 0 Å². The molecule has 1 aromatic carbocycles. The van der Waals surface area contributed by atoms with Gasteiger partial charge in [0.05, 0.1) is 6.54 Å². The van der Waals surface area contributed by atoms with Gasteiger partial charge in [0.1, 0.15) is 12.4 Å². The Bertz CT molecular complexity index is 528. The first-order valence-electron chi connectivity index (χ1n) is 8.25. The molecule has 1 N–H and O–H groups in total. The maximum atomic E-state index is 10.9. The van der Waals surface area contributed by atoms with Crippen molar-refractivity contribution in [3.63, 3.8) is 0 Å². The molecule has 134 valence electrons. The summed E-state index contributed by atoms with van der Waals surface area (Å²) in [5.41, 5.74) is 0. The minimum Gasteiger partial charge on any atom is -0.492 e. The lowest BCUT2D eigenvalue weighted by molar-refractivity contribution is -0.139. The van der Waals surface area contributed by atoms with Crippen molar-refractivity contribution in [2.24, 2.45) is 0 Å². The molecule has 2 rings (SSSR count). The number of rotatable bonds is 8. The molecule has 0 spiro atoms. The molecule has 1 heterocycles. The van der Waals surface area contributed by atoms with E-state index in [0.717, 1.165) is 39.0 Å². The lowest BCUT2D eigenvalue weighted by Crippen LogP contribution is -2.47. The van der Waals surface area contributed by atoms with Crippen molar-refractivity contribution in [3.05, 3.63) is 28.2 Å². The minimum absolute atomic E-state index is 0.125.